The number of nitrogens with zero attached hydrogens (tertiary/aromatic N) is 2. The molecule has 0 bridgehead atoms. The Morgan fingerprint density at radius 2 is 1.55 bits per heavy atom. The van der Waals surface area contributed by atoms with Crippen LogP contribution in [0.25, 0.3) is 11.0 Å². The highest BCUT2D eigenvalue weighted by molar-refractivity contribution is 6.31. The van der Waals surface area contributed by atoms with Crippen molar-refractivity contribution in [2.24, 2.45) is 0 Å². The molecule has 1 aromatic heterocycles. The summed E-state index contributed by atoms with van der Waals surface area (Å²) in [5.74, 6) is -1.93. The van der Waals surface area contributed by atoms with Gasteiger partial charge in [0.05, 0.1) is 16.6 Å². The molecule has 154 valence electrons. The number of ketones is 1. The first kappa shape index (κ1) is 20.4. The number of amides is 2. The summed E-state index contributed by atoms with van der Waals surface area (Å²) < 4.78 is 27.8. The molecular formula is C22H13ClF2N4O2. The van der Waals surface area contributed by atoms with Crippen molar-refractivity contribution in [1.82, 2.24) is 9.97 Å². The minimum Gasteiger partial charge on any atom is -0.308 e. The van der Waals surface area contributed by atoms with Crippen LogP contribution in [-0.4, -0.2) is 21.8 Å². The Bertz CT molecular complexity index is 1310. The Kier molecular flexibility index (Phi) is 5.55. The lowest BCUT2D eigenvalue weighted by molar-refractivity contribution is 0.103. The van der Waals surface area contributed by atoms with Gasteiger partial charge in [0.2, 0.25) is 0 Å². The minimum atomic E-state index is -0.743. The average Bonchev–Trinajstić information content (AvgIpc) is 2.73. The normalized spacial score (nSPS) is 10.7. The van der Waals surface area contributed by atoms with E-state index in [0.717, 1.165) is 18.2 Å². The van der Waals surface area contributed by atoms with Crippen molar-refractivity contribution < 1.29 is 18.4 Å². The molecule has 9 heteroatoms. The van der Waals surface area contributed by atoms with E-state index in [2.05, 4.69) is 20.6 Å². The molecule has 0 atom stereocenters. The number of benzene rings is 3. The van der Waals surface area contributed by atoms with Crippen LogP contribution in [0.2, 0.25) is 5.02 Å². The van der Waals surface area contributed by atoms with E-state index in [1.807, 2.05) is 0 Å². The first-order valence-corrected chi connectivity index (χ1v) is 9.36. The lowest BCUT2D eigenvalue weighted by atomic mass is 10.0. The molecule has 2 amide bonds. The summed E-state index contributed by atoms with van der Waals surface area (Å²) in [5, 5.41) is 5.01. The Morgan fingerprint density at radius 1 is 0.806 bits per heavy atom. The maximum Gasteiger partial charge on any atom is 0.323 e. The van der Waals surface area contributed by atoms with Gasteiger partial charge in [-0.25, -0.2) is 13.6 Å². The molecule has 1 heterocycles. The van der Waals surface area contributed by atoms with E-state index in [1.165, 1.54) is 42.7 Å². The van der Waals surface area contributed by atoms with Crippen molar-refractivity contribution >= 4 is 45.8 Å². The molecule has 0 unspecified atom stereocenters. The zero-order chi connectivity index (χ0) is 22.0. The molecule has 31 heavy (non-hydrogen) atoms. The molecule has 0 saturated carbocycles. The van der Waals surface area contributed by atoms with E-state index in [1.54, 1.807) is 6.07 Å². The van der Waals surface area contributed by atoms with Crippen LogP contribution >= 0.6 is 11.6 Å². The summed E-state index contributed by atoms with van der Waals surface area (Å²) in [6.45, 7) is 0. The van der Waals surface area contributed by atoms with Crippen LogP contribution in [0.15, 0.2) is 67.0 Å². The maximum atomic E-state index is 14.4. The lowest BCUT2D eigenvalue weighted by Gasteiger charge is -2.10. The van der Waals surface area contributed by atoms with Crippen LogP contribution < -0.4 is 10.6 Å². The van der Waals surface area contributed by atoms with Gasteiger partial charge in [0.1, 0.15) is 11.6 Å². The number of carbonyl (C=O) groups excluding carboxylic acids is 2. The first-order valence-electron chi connectivity index (χ1n) is 8.98. The summed E-state index contributed by atoms with van der Waals surface area (Å²) in [4.78, 5) is 33.3. The molecule has 4 rings (SSSR count). The number of rotatable bonds is 4. The first-order chi connectivity index (χ1) is 14.9. The third kappa shape index (κ3) is 4.65. The van der Waals surface area contributed by atoms with Crippen LogP contribution in [0.4, 0.5) is 25.0 Å². The number of nitrogens with one attached hydrogen (secondary N) is 2. The van der Waals surface area contributed by atoms with Gasteiger partial charge in [-0.15, -0.1) is 0 Å². The number of fused-ring (bicyclic) bond motifs is 1. The number of urea groups is 1. The van der Waals surface area contributed by atoms with Crippen LogP contribution in [0.5, 0.6) is 0 Å². The van der Waals surface area contributed by atoms with E-state index in [4.69, 9.17) is 11.6 Å². The zero-order valence-electron chi connectivity index (χ0n) is 15.7. The smallest absolute Gasteiger partial charge is 0.308 e. The maximum absolute atomic E-state index is 14.4. The number of carbonyl (C=O) groups is 2. The van der Waals surface area contributed by atoms with Gasteiger partial charge < -0.3 is 10.6 Å². The molecule has 6 nitrogen and oxygen atoms in total. The Labute approximate surface area is 179 Å². The molecule has 0 aliphatic carbocycles. The second-order valence-electron chi connectivity index (χ2n) is 6.52. The van der Waals surface area contributed by atoms with E-state index in [-0.39, 0.29) is 27.5 Å². The third-order valence-electron chi connectivity index (χ3n) is 4.32. The fourth-order valence-electron chi connectivity index (χ4n) is 2.96. The van der Waals surface area contributed by atoms with E-state index in [0.29, 0.717) is 11.0 Å². The van der Waals surface area contributed by atoms with Gasteiger partial charge in [-0.3, -0.25) is 14.8 Å². The van der Waals surface area contributed by atoms with Crippen molar-refractivity contribution in [2.45, 2.75) is 0 Å². The number of anilines is 2. The summed E-state index contributed by atoms with van der Waals surface area (Å²) in [7, 11) is 0. The molecule has 0 aliphatic heterocycles. The zero-order valence-corrected chi connectivity index (χ0v) is 16.5. The molecule has 4 aromatic rings. The number of halogens is 3. The molecule has 3 aromatic carbocycles. The SMILES string of the molecule is O=C(Nc1cc(F)cc(Cl)c1)Nc1ccc(F)c(C(=O)c2ccc3nccnc3c2)c1. The molecular weight excluding hydrogens is 426 g/mol. The van der Waals surface area contributed by atoms with Crippen molar-refractivity contribution in [3.63, 3.8) is 0 Å². The van der Waals surface area contributed by atoms with E-state index in [9.17, 15) is 18.4 Å². The summed E-state index contributed by atoms with van der Waals surface area (Å²) >= 11 is 5.76. The lowest BCUT2D eigenvalue weighted by Crippen LogP contribution is -2.20. The van der Waals surface area contributed by atoms with E-state index >= 15 is 0 Å². The average molecular weight is 439 g/mol. The monoisotopic (exact) mass is 438 g/mol. The number of hydrogen-bond donors (Lipinski definition) is 2. The number of hydrogen-bond acceptors (Lipinski definition) is 4. The predicted octanol–water partition coefficient (Wildman–Crippen LogP) is 5.44. The largest absolute Gasteiger partial charge is 0.323 e. The van der Waals surface area contributed by atoms with E-state index < -0.39 is 23.4 Å². The highest BCUT2D eigenvalue weighted by atomic mass is 35.5. The van der Waals surface area contributed by atoms with Crippen molar-refractivity contribution in [3.8, 4) is 0 Å². The molecule has 0 fully saturated rings. The van der Waals surface area contributed by atoms with Gasteiger partial charge >= 0.3 is 6.03 Å². The summed E-state index contributed by atoms with van der Waals surface area (Å²) in [6, 6.07) is 11.1. The molecule has 0 saturated heterocycles. The van der Waals surface area contributed by atoms with Crippen molar-refractivity contribution in [2.75, 3.05) is 10.6 Å². The Hall–Kier alpha value is -3.91. The Balaban J connectivity index is 1.56. The standard InChI is InChI=1S/C22H13ClF2N4O2/c23-13-8-14(24)10-16(9-13)29-22(31)28-15-2-3-18(25)17(11-15)21(30)12-1-4-19-20(7-12)27-6-5-26-19/h1-11H,(H2,28,29,31). The van der Waals surface area contributed by atoms with Gasteiger partial charge in [0, 0.05) is 34.4 Å². The van der Waals surface area contributed by atoms with Gasteiger partial charge in [0.15, 0.2) is 5.78 Å². The highest BCUT2D eigenvalue weighted by Crippen LogP contribution is 2.22. The third-order valence-corrected chi connectivity index (χ3v) is 4.54. The molecule has 0 radical (unpaired) electrons. The summed E-state index contributed by atoms with van der Waals surface area (Å²) in [5.41, 5.74) is 1.40. The van der Waals surface area contributed by atoms with Crippen LogP contribution in [-0.2, 0) is 0 Å². The molecule has 2 N–H and O–H groups in total. The van der Waals surface area contributed by atoms with Gasteiger partial charge in [-0.2, -0.15) is 0 Å². The van der Waals surface area contributed by atoms with Crippen molar-refractivity contribution in [1.29, 1.82) is 0 Å². The summed E-state index contributed by atoms with van der Waals surface area (Å²) in [6.07, 6.45) is 3.02. The second kappa shape index (κ2) is 8.45. The Morgan fingerprint density at radius 3 is 2.32 bits per heavy atom. The molecule has 0 aliphatic rings. The minimum absolute atomic E-state index is 0.116. The van der Waals surface area contributed by atoms with Crippen LogP contribution in [0.3, 0.4) is 0 Å². The number of aromatic nitrogens is 2. The van der Waals surface area contributed by atoms with Crippen LogP contribution in [0.1, 0.15) is 15.9 Å². The second-order valence-corrected chi connectivity index (χ2v) is 6.96. The predicted molar refractivity (Wildman–Crippen MR) is 113 cm³/mol. The fourth-order valence-corrected chi connectivity index (χ4v) is 3.18. The van der Waals surface area contributed by atoms with Gasteiger partial charge in [-0.05, 0) is 54.6 Å². The fraction of sp³-hybridized carbons (Fsp3) is 0. The van der Waals surface area contributed by atoms with Gasteiger partial charge in [0.25, 0.3) is 0 Å². The topological polar surface area (TPSA) is 84.0 Å². The highest BCUT2D eigenvalue weighted by Gasteiger charge is 2.16. The van der Waals surface area contributed by atoms with Crippen LogP contribution in [0, 0.1) is 11.6 Å². The van der Waals surface area contributed by atoms with Crippen molar-refractivity contribution in [3.05, 3.63) is 94.8 Å². The quantitative estimate of drug-likeness (QED) is 0.416. The van der Waals surface area contributed by atoms with Gasteiger partial charge in [-0.1, -0.05) is 11.6 Å². The molecule has 0 spiro atoms.